The van der Waals surface area contributed by atoms with Gasteiger partial charge >= 0.3 is 5.97 Å². The van der Waals surface area contributed by atoms with Gasteiger partial charge in [0.15, 0.2) is 11.7 Å². The average Bonchev–Trinajstić information content (AvgIpc) is 3.42. The molecule has 0 bridgehead atoms. The maximum Gasteiger partial charge on any atom is 0.306 e. The second-order valence-corrected chi connectivity index (χ2v) is 7.15. The van der Waals surface area contributed by atoms with Crippen molar-refractivity contribution in [2.24, 2.45) is 0 Å². The van der Waals surface area contributed by atoms with Crippen LogP contribution in [0.1, 0.15) is 29.1 Å². The average molecular weight is 402 g/mol. The Morgan fingerprint density at radius 1 is 0.967 bits per heavy atom. The zero-order valence-corrected chi connectivity index (χ0v) is 16.9. The molecule has 2 aromatic heterocycles. The topological polar surface area (TPSA) is 78.4 Å². The van der Waals surface area contributed by atoms with Crippen molar-refractivity contribution in [3.8, 4) is 22.8 Å². The van der Waals surface area contributed by atoms with Crippen molar-refractivity contribution in [1.29, 1.82) is 0 Å². The Bertz CT molecular complexity index is 1030. The van der Waals surface area contributed by atoms with E-state index >= 15 is 0 Å². The molecule has 0 saturated heterocycles. The van der Waals surface area contributed by atoms with E-state index < -0.39 is 0 Å². The van der Waals surface area contributed by atoms with Gasteiger partial charge in [-0.1, -0.05) is 47.5 Å². The van der Waals surface area contributed by atoms with Crippen LogP contribution >= 0.6 is 0 Å². The summed E-state index contributed by atoms with van der Waals surface area (Å²) in [6.07, 6.45) is 3.73. The van der Waals surface area contributed by atoms with E-state index in [0.717, 1.165) is 16.7 Å². The molecule has 0 atom stereocenters. The van der Waals surface area contributed by atoms with Crippen molar-refractivity contribution in [2.45, 2.75) is 33.3 Å². The van der Waals surface area contributed by atoms with Gasteiger partial charge in [-0.15, -0.1) is 0 Å². The molecule has 0 saturated carbocycles. The maximum atomic E-state index is 12.1. The summed E-state index contributed by atoms with van der Waals surface area (Å²) < 4.78 is 16.5. The van der Waals surface area contributed by atoms with Gasteiger partial charge in [0.2, 0.25) is 5.89 Å². The van der Waals surface area contributed by atoms with Crippen molar-refractivity contribution >= 4 is 5.97 Å². The molecular weight excluding hydrogens is 380 g/mol. The predicted molar refractivity (Wildman–Crippen MR) is 111 cm³/mol. The Hall–Kier alpha value is -3.67. The molecule has 0 aliphatic heterocycles. The highest BCUT2D eigenvalue weighted by Crippen LogP contribution is 2.22. The Morgan fingerprint density at radius 2 is 1.63 bits per heavy atom. The Balaban J connectivity index is 1.27. The van der Waals surface area contributed by atoms with Crippen LogP contribution in [0.4, 0.5) is 0 Å². The molecule has 6 heteroatoms. The predicted octanol–water partition coefficient (Wildman–Crippen LogP) is 5.29. The molecule has 0 unspecified atom stereocenters. The van der Waals surface area contributed by atoms with Gasteiger partial charge in [-0.2, -0.15) is 0 Å². The van der Waals surface area contributed by atoms with Crippen LogP contribution in [0, 0.1) is 13.8 Å². The molecular formula is C24H22N2O4. The molecule has 152 valence electrons. The van der Waals surface area contributed by atoms with E-state index in [9.17, 15) is 4.79 Å². The fraction of sp³-hybridized carbons (Fsp3) is 0.208. The molecule has 4 aromatic rings. The van der Waals surface area contributed by atoms with E-state index in [2.05, 4.69) is 9.97 Å². The van der Waals surface area contributed by atoms with Crippen molar-refractivity contribution < 1.29 is 18.4 Å². The molecule has 4 rings (SSSR count). The van der Waals surface area contributed by atoms with Crippen LogP contribution in [0.2, 0.25) is 0 Å². The molecule has 0 N–H and O–H groups in total. The van der Waals surface area contributed by atoms with E-state index in [1.54, 1.807) is 6.20 Å². The Kier molecular flexibility index (Phi) is 5.75. The fourth-order valence-electron chi connectivity index (χ4n) is 2.91. The number of benzene rings is 2. The number of esters is 1. The standard InChI is InChI=1S/C24H22N2O4/c1-16-3-7-18(8-4-16)21-13-25-22(30-21)11-12-23(27)28-14-20-15-29-24(26-20)19-9-5-17(2)6-10-19/h3-10,13,15H,11-12,14H2,1-2H3. The van der Waals surface area contributed by atoms with Crippen LogP contribution in [0.5, 0.6) is 0 Å². The number of nitrogens with zero attached hydrogens (tertiary/aromatic N) is 2. The first kappa shape index (κ1) is 19.6. The minimum Gasteiger partial charge on any atom is -0.459 e. The van der Waals surface area contributed by atoms with Gasteiger partial charge in [-0.3, -0.25) is 4.79 Å². The van der Waals surface area contributed by atoms with E-state index in [0.29, 0.717) is 29.7 Å². The van der Waals surface area contributed by atoms with Crippen LogP contribution < -0.4 is 0 Å². The summed E-state index contributed by atoms with van der Waals surface area (Å²) in [6.45, 7) is 4.11. The lowest BCUT2D eigenvalue weighted by Crippen LogP contribution is -2.06. The maximum absolute atomic E-state index is 12.1. The van der Waals surface area contributed by atoms with Gasteiger partial charge in [0.25, 0.3) is 0 Å². The molecule has 6 nitrogen and oxygen atoms in total. The lowest BCUT2D eigenvalue weighted by Gasteiger charge is -2.01. The van der Waals surface area contributed by atoms with E-state index in [1.165, 1.54) is 11.8 Å². The number of aromatic nitrogens is 2. The fourth-order valence-corrected chi connectivity index (χ4v) is 2.91. The summed E-state index contributed by atoms with van der Waals surface area (Å²) in [5, 5.41) is 0. The third kappa shape index (κ3) is 4.84. The van der Waals surface area contributed by atoms with Gasteiger partial charge in [-0.05, 0) is 26.0 Å². The summed E-state index contributed by atoms with van der Waals surface area (Å²) in [7, 11) is 0. The van der Waals surface area contributed by atoms with Gasteiger partial charge in [0, 0.05) is 17.5 Å². The molecule has 0 spiro atoms. The number of hydrogen-bond acceptors (Lipinski definition) is 6. The number of oxazole rings is 2. The van der Waals surface area contributed by atoms with E-state index in [-0.39, 0.29) is 19.0 Å². The molecule has 0 amide bonds. The minimum absolute atomic E-state index is 0.0639. The second kappa shape index (κ2) is 8.78. The quantitative estimate of drug-likeness (QED) is 0.391. The number of hydrogen-bond donors (Lipinski definition) is 0. The highest BCUT2D eigenvalue weighted by atomic mass is 16.5. The number of carbonyl (C=O) groups is 1. The van der Waals surface area contributed by atoms with Crippen LogP contribution in [-0.4, -0.2) is 15.9 Å². The van der Waals surface area contributed by atoms with Crippen LogP contribution in [0.15, 0.2) is 69.8 Å². The van der Waals surface area contributed by atoms with E-state index in [1.807, 2.05) is 62.4 Å². The summed E-state index contributed by atoms with van der Waals surface area (Å²) in [5.74, 6) is 1.35. The zero-order chi connectivity index (χ0) is 20.9. The van der Waals surface area contributed by atoms with Crippen molar-refractivity contribution in [2.75, 3.05) is 0 Å². The van der Waals surface area contributed by atoms with Gasteiger partial charge < -0.3 is 13.6 Å². The minimum atomic E-state index is -0.343. The van der Waals surface area contributed by atoms with Crippen LogP contribution in [0.25, 0.3) is 22.8 Å². The molecule has 0 aliphatic rings. The Morgan fingerprint density at radius 3 is 2.33 bits per heavy atom. The summed E-state index contributed by atoms with van der Waals surface area (Å²) >= 11 is 0. The third-order valence-corrected chi connectivity index (χ3v) is 4.66. The smallest absolute Gasteiger partial charge is 0.306 e. The first-order valence-corrected chi connectivity index (χ1v) is 9.75. The zero-order valence-electron chi connectivity index (χ0n) is 16.9. The number of carbonyl (C=O) groups excluding carboxylic acids is 1. The second-order valence-electron chi connectivity index (χ2n) is 7.15. The van der Waals surface area contributed by atoms with Crippen LogP contribution in [-0.2, 0) is 22.6 Å². The van der Waals surface area contributed by atoms with E-state index in [4.69, 9.17) is 13.6 Å². The normalized spacial score (nSPS) is 10.9. The Labute approximate surface area is 174 Å². The van der Waals surface area contributed by atoms with Crippen molar-refractivity contribution in [3.63, 3.8) is 0 Å². The summed E-state index contributed by atoms with van der Waals surface area (Å²) in [6, 6.07) is 15.9. The lowest BCUT2D eigenvalue weighted by molar-refractivity contribution is -0.145. The lowest BCUT2D eigenvalue weighted by atomic mass is 10.1. The SMILES string of the molecule is Cc1ccc(-c2cnc(CCC(=O)OCc3coc(-c4ccc(C)cc4)n3)o2)cc1. The third-order valence-electron chi connectivity index (χ3n) is 4.66. The molecule has 2 heterocycles. The molecule has 0 aliphatic carbocycles. The number of rotatable bonds is 7. The van der Waals surface area contributed by atoms with Gasteiger partial charge in [0.05, 0.1) is 12.6 Å². The van der Waals surface area contributed by atoms with Gasteiger partial charge in [-0.25, -0.2) is 9.97 Å². The highest BCUT2D eigenvalue weighted by Gasteiger charge is 2.12. The molecule has 0 fully saturated rings. The van der Waals surface area contributed by atoms with Crippen molar-refractivity contribution in [1.82, 2.24) is 9.97 Å². The largest absolute Gasteiger partial charge is 0.459 e. The first-order chi connectivity index (χ1) is 14.6. The van der Waals surface area contributed by atoms with Crippen LogP contribution in [0.3, 0.4) is 0 Å². The number of ether oxygens (including phenoxy) is 1. The molecule has 0 radical (unpaired) electrons. The molecule has 2 aromatic carbocycles. The monoisotopic (exact) mass is 402 g/mol. The highest BCUT2D eigenvalue weighted by molar-refractivity contribution is 5.69. The number of aryl methyl sites for hydroxylation is 3. The summed E-state index contributed by atoms with van der Waals surface area (Å²) in [4.78, 5) is 20.7. The van der Waals surface area contributed by atoms with Crippen molar-refractivity contribution in [3.05, 3.63) is 83.7 Å². The van der Waals surface area contributed by atoms with Gasteiger partial charge in [0.1, 0.15) is 18.6 Å². The molecule has 30 heavy (non-hydrogen) atoms. The first-order valence-electron chi connectivity index (χ1n) is 9.75. The summed E-state index contributed by atoms with van der Waals surface area (Å²) in [5.41, 5.74) is 4.75.